The molecule has 0 spiro atoms. The van der Waals surface area contributed by atoms with Crippen molar-refractivity contribution in [2.75, 3.05) is 45.3 Å². The van der Waals surface area contributed by atoms with Gasteiger partial charge in [0, 0.05) is 38.1 Å². The monoisotopic (exact) mass is 315 g/mol. The zero-order chi connectivity index (χ0) is 15.9. The lowest BCUT2D eigenvalue weighted by molar-refractivity contribution is 0.0186. The summed E-state index contributed by atoms with van der Waals surface area (Å²) in [6.07, 6.45) is 5.21. The minimum atomic E-state index is 0.216. The summed E-state index contributed by atoms with van der Waals surface area (Å²) < 4.78 is 10.6. The molecule has 2 aromatic heterocycles. The molecule has 7 nitrogen and oxygen atoms in total. The highest BCUT2D eigenvalue weighted by Gasteiger charge is 2.22. The van der Waals surface area contributed by atoms with Gasteiger partial charge in [-0.3, -0.25) is 9.88 Å². The van der Waals surface area contributed by atoms with Crippen LogP contribution in [0.15, 0.2) is 36.9 Å². The number of anilines is 1. The second-order valence-electron chi connectivity index (χ2n) is 5.28. The Kier molecular flexibility index (Phi) is 5.33. The third-order valence-corrected chi connectivity index (χ3v) is 3.88. The fourth-order valence-electron chi connectivity index (χ4n) is 2.67. The van der Waals surface area contributed by atoms with E-state index in [0.29, 0.717) is 5.88 Å². The first-order valence-electron chi connectivity index (χ1n) is 7.68. The minimum absolute atomic E-state index is 0.216. The Hall–Kier alpha value is -2.25. The first-order chi connectivity index (χ1) is 11.4. The van der Waals surface area contributed by atoms with Crippen molar-refractivity contribution in [3.8, 4) is 5.88 Å². The molecule has 122 valence electrons. The highest BCUT2D eigenvalue weighted by atomic mass is 16.5. The molecule has 3 rings (SSSR count). The predicted octanol–water partition coefficient (Wildman–Crippen LogP) is 1.37. The average molecular weight is 315 g/mol. The van der Waals surface area contributed by atoms with E-state index in [4.69, 9.17) is 9.47 Å². The summed E-state index contributed by atoms with van der Waals surface area (Å²) >= 11 is 0. The van der Waals surface area contributed by atoms with Crippen molar-refractivity contribution in [3.05, 3.63) is 42.5 Å². The molecule has 0 radical (unpaired) electrons. The van der Waals surface area contributed by atoms with Gasteiger partial charge in [-0.25, -0.2) is 9.97 Å². The zero-order valence-corrected chi connectivity index (χ0v) is 13.2. The van der Waals surface area contributed by atoms with E-state index < -0.39 is 0 Å². The van der Waals surface area contributed by atoms with E-state index in [-0.39, 0.29) is 6.04 Å². The zero-order valence-electron chi connectivity index (χ0n) is 13.2. The quantitative estimate of drug-likeness (QED) is 0.863. The summed E-state index contributed by atoms with van der Waals surface area (Å²) in [5.41, 5.74) is 1.18. The first-order valence-corrected chi connectivity index (χ1v) is 7.68. The van der Waals surface area contributed by atoms with Crippen LogP contribution in [0.1, 0.15) is 11.6 Å². The summed E-state index contributed by atoms with van der Waals surface area (Å²) in [5, 5.41) is 3.37. The number of hydrogen-bond acceptors (Lipinski definition) is 7. The number of nitrogens with zero attached hydrogens (tertiary/aromatic N) is 4. The molecule has 0 bridgehead atoms. The Morgan fingerprint density at radius 2 is 2.22 bits per heavy atom. The molecule has 3 heterocycles. The highest BCUT2D eigenvalue weighted by Crippen LogP contribution is 2.22. The molecule has 1 aliphatic heterocycles. The molecule has 0 saturated carbocycles. The lowest BCUT2D eigenvalue weighted by atomic mass is 10.1. The maximum atomic E-state index is 5.46. The molecule has 0 aromatic carbocycles. The van der Waals surface area contributed by atoms with Crippen molar-refractivity contribution in [2.24, 2.45) is 0 Å². The molecule has 0 aliphatic carbocycles. The number of hydrogen-bond donors (Lipinski definition) is 1. The van der Waals surface area contributed by atoms with Crippen LogP contribution in [0.2, 0.25) is 0 Å². The highest BCUT2D eigenvalue weighted by molar-refractivity contribution is 5.37. The number of rotatable bonds is 6. The van der Waals surface area contributed by atoms with Crippen LogP contribution >= 0.6 is 0 Å². The van der Waals surface area contributed by atoms with Gasteiger partial charge in [0.1, 0.15) is 12.1 Å². The van der Waals surface area contributed by atoms with Crippen LogP contribution < -0.4 is 10.1 Å². The van der Waals surface area contributed by atoms with Crippen molar-refractivity contribution in [1.82, 2.24) is 19.9 Å². The Bertz CT molecular complexity index is 604. The van der Waals surface area contributed by atoms with E-state index in [0.717, 1.165) is 38.7 Å². The number of aromatic nitrogens is 3. The molecular formula is C16H21N5O2. The van der Waals surface area contributed by atoms with E-state index in [1.807, 2.05) is 12.3 Å². The summed E-state index contributed by atoms with van der Waals surface area (Å²) in [4.78, 5) is 14.9. The fraction of sp³-hybridized carbons (Fsp3) is 0.438. The van der Waals surface area contributed by atoms with Crippen LogP contribution in [-0.4, -0.2) is 59.8 Å². The maximum Gasteiger partial charge on any atom is 0.218 e. The Balaban J connectivity index is 1.72. The van der Waals surface area contributed by atoms with Gasteiger partial charge in [0.2, 0.25) is 5.88 Å². The van der Waals surface area contributed by atoms with Crippen LogP contribution in [0, 0.1) is 0 Å². The third-order valence-electron chi connectivity index (χ3n) is 3.88. The van der Waals surface area contributed by atoms with Gasteiger partial charge in [-0.2, -0.15) is 0 Å². The standard InChI is InChI=1S/C16H21N5O2/c1-22-16-9-15(19-12-20-16)18-11-14(13-3-2-4-17-10-13)21-5-7-23-8-6-21/h2-4,9-10,12,14H,5-8,11H2,1H3,(H,18,19,20)/t14-/m0/s1. The molecule has 1 fully saturated rings. The number of nitrogens with one attached hydrogen (secondary N) is 1. The predicted molar refractivity (Wildman–Crippen MR) is 86.4 cm³/mol. The molecule has 23 heavy (non-hydrogen) atoms. The van der Waals surface area contributed by atoms with Gasteiger partial charge in [-0.15, -0.1) is 0 Å². The van der Waals surface area contributed by atoms with Crippen LogP contribution in [0.4, 0.5) is 5.82 Å². The van der Waals surface area contributed by atoms with Gasteiger partial charge >= 0.3 is 0 Å². The summed E-state index contributed by atoms with van der Waals surface area (Å²) in [6, 6.07) is 6.08. The van der Waals surface area contributed by atoms with Crippen molar-refractivity contribution in [2.45, 2.75) is 6.04 Å². The SMILES string of the molecule is COc1cc(NC[C@@H](c2cccnc2)N2CCOCC2)ncn1. The van der Waals surface area contributed by atoms with Crippen molar-refractivity contribution < 1.29 is 9.47 Å². The average Bonchev–Trinajstić information content (AvgIpc) is 2.64. The lowest BCUT2D eigenvalue weighted by Gasteiger charge is -2.34. The first kappa shape index (κ1) is 15.6. The normalized spacial score (nSPS) is 16.7. The smallest absolute Gasteiger partial charge is 0.218 e. The van der Waals surface area contributed by atoms with Crippen molar-refractivity contribution >= 4 is 5.82 Å². The number of methoxy groups -OCH3 is 1. The van der Waals surface area contributed by atoms with E-state index in [1.165, 1.54) is 11.9 Å². The lowest BCUT2D eigenvalue weighted by Crippen LogP contribution is -2.41. The van der Waals surface area contributed by atoms with Gasteiger partial charge in [-0.05, 0) is 11.6 Å². The fourth-order valence-corrected chi connectivity index (χ4v) is 2.67. The molecule has 0 amide bonds. The largest absolute Gasteiger partial charge is 0.481 e. The van der Waals surface area contributed by atoms with Crippen molar-refractivity contribution in [3.63, 3.8) is 0 Å². The molecule has 1 N–H and O–H groups in total. The molecule has 1 aliphatic rings. The molecule has 2 aromatic rings. The Labute approximate surface area is 135 Å². The molecule has 7 heteroatoms. The molecule has 1 saturated heterocycles. The number of pyridine rings is 1. The molecular weight excluding hydrogens is 294 g/mol. The van der Waals surface area contributed by atoms with Gasteiger partial charge in [0.15, 0.2) is 0 Å². The van der Waals surface area contributed by atoms with Crippen molar-refractivity contribution in [1.29, 1.82) is 0 Å². The molecule has 1 atom stereocenters. The minimum Gasteiger partial charge on any atom is -0.481 e. The molecule has 0 unspecified atom stereocenters. The van der Waals surface area contributed by atoms with Crippen LogP contribution in [-0.2, 0) is 4.74 Å². The van der Waals surface area contributed by atoms with Crippen LogP contribution in [0.5, 0.6) is 5.88 Å². The Morgan fingerprint density at radius 3 is 2.96 bits per heavy atom. The van der Waals surface area contributed by atoms with E-state index in [2.05, 4.69) is 31.2 Å². The summed E-state index contributed by atoms with van der Waals surface area (Å²) in [7, 11) is 1.60. The second kappa shape index (κ2) is 7.85. The van der Waals surface area contributed by atoms with E-state index in [1.54, 1.807) is 19.4 Å². The van der Waals surface area contributed by atoms with Crippen LogP contribution in [0.3, 0.4) is 0 Å². The summed E-state index contributed by atoms with van der Waals surface area (Å²) in [6.45, 7) is 4.07. The Morgan fingerprint density at radius 1 is 1.35 bits per heavy atom. The van der Waals surface area contributed by atoms with Gasteiger partial charge < -0.3 is 14.8 Å². The summed E-state index contributed by atoms with van der Waals surface area (Å²) in [5.74, 6) is 1.30. The van der Waals surface area contributed by atoms with Crippen LogP contribution in [0.25, 0.3) is 0 Å². The third kappa shape index (κ3) is 4.14. The maximum absolute atomic E-state index is 5.46. The topological polar surface area (TPSA) is 72.4 Å². The van der Waals surface area contributed by atoms with E-state index >= 15 is 0 Å². The van der Waals surface area contributed by atoms with E-state index in [9.17, 15) is 0 Å². The van der Waals surface area contributed by atoms with Gasteiger partial charge in [-0.1, -0.05) is 6.07 Å². The second-order valence-corrected chi connectivity index (χ2v) is 5.28. The number of ether oxygens (including phenoxy) is 2. The van der Waals surface area contributed by atoms with Gasteiger partial charge in [0.25, 0.3) is 0 Å². The van der Waals surface area contributed by atoms with Gasteiger partial charge in [0.05, 0.1) is 26.4 Å². The number of morpholine rings is 1.